The third-order valence-electron chi connectivity index (χ3n) is 2.84. The molecule has 0 fully saturated rings. The fourth-order valence-electron chi connectivity index (χ4n) is 1.78. The standard InChI is InChI=1S/C15H14F3NO.ClH/c16-15(17,18)14(19)12-8-4-5-9-13(12)20-10-11-6-2-1-3-7-11;/h1-9,14H,10,19H2;1H/t14-;/m1./s1. The van der Waals surface area contributed by atoms with Crippen molar-refractivity contribution in [3.63, 3.8) is 0 Å². The van der Waals surface area contributed by atoms with Crippen LogP contribution in [0.3, 0.4) is 0 Å². The van der Waals surface area contributed by atoms with Gasteiger partial charge in [-0.1, -0.05) is 48.5 Å². The molecule has 0 saturated heterocycles. The Morgan fingerprint density at radius 1 is 0.952 bits per heavy atom. The Kier molecular flexibility index (Phi) is 6.05. The molecule has 1 atom stereocenters. The topological polar surface area (TPSA) is 35.2 Å². The maximum Gasteiger partial charge on any atom is 0.407 e. The first kappa shape index (κ1) is 17.3. The largest absolute Gasteiger partial charge is 0.489 e. The monoisotopic (exact) mass is 317 g/mol. The Morgan fingerprint density at radius 2 is 1.52 bits per heavy atom. The van der Waals surface area contributed by atoms with Gasteiger partial charge >= 0.3 is 6.18 Å². The summed E-state index contributed by atoms with van der Waals surface area (Å²) in [7, 11) is 0. The van der Waals surface area contributed by atoms with E-state index in [0.29, 0.717) is 0 Å². The molecule has 6 heteroatoms. The molecule has 0 spiro atoms. The first-order chi connectivity index (χ1) is 9.48. The van der Waals surface area contributed by atoms with Gasteiger partial charge in [0, 0.05) is 5.56 Å². The van der Waals surface area contributed by atoms with Gasteiger partial charge in [-0.05, 0) is 11.6 Å². The summed E-state index contributed by atoms with van der Waals surface area (Å²) in [6.07, 6.45) is -4.49. The van der Waals surface area contributed by atoms with Crippen LogP contribution in [0, 0.1) is 0 Å². The van der Waals surface area contributed by atoms with Crippen molar-refractivity contribution >= 4 is 12.4 Å². The Labute approximate surface area is 127 Å². The molecule has 2 nitrogen and oxygen atoms in total. The second kappa shape index (κ2) is 7.33. The third kappa shape index (κ3) is 4.65. The lowest BCUT2D eigenvalue weighted by Gasteiger charge is -2.19. The van der Waals surface area contributed by atoms with Gasteiger partial charge in [-0.25, -0.2) is 0 Å². The van der Waals surface area contributed by atoms with Crippen LogP contribution in [-0.4, -0.2) is 6.18 Å². The minimum atomic E-state index is -4.49. The summed E-state index contributed by atoms with van der Waals surface area (Å²) >= 11 is 0. The van der Waals surface area contributed by atoms with Crippen molar-refractivity contribution in [1.29, 1.82) is 0 Å². The smallest absolute Gasteiger partial charge is 0.407 e. The molecule has 0 aliphatic rings. The molecule has 0 unspecified atom stereocenters. The number of halogens is 4. The van der Waals surface area contributed by atoms with Crippen molar-refractivity contribution in [2.24, 2.45) is 5.73 Å². The molecule has 21 heavy (non-hydrogen) atoms. The van der Waals surface area contributed by atoms with Gasteiger partial charge in [-0.3, -0.25) is 0 Å². The van der Waals surface area contributed by atoms with Crippen LogP contribution in [0.2, 0.25) is 0 Å². The molecule has 2 aromatic rings. The van der Waals surface area contributed by atoms with Crippen LogP contribution >= 0.6 is 12.4 Å². The molecular weight excluding hydrogens is 303 g/mol. The Morgan fingerprint density at radius 3 is 2.14 bits per heavy atom. The van der Waals surface area contributed by atoms with Crippen LogP contribution in [0.4, 0.5) is 13.2 Å². The SMILES string of the molecule is Cl.N[C@H](c1ccccc1OCc1ccccc1)C(F)(F)F. The van der Waals surface area contributed by atoms with Crippen LogP contribution in [0.5, 0.6) is 5.75 Å². The van der Waals surface area contributed by atoms with Gasteiger partial charge in [-0.2, -0.15) is 13.2 Å². The van der Waals surface area contributed by atoms with E-state index in [0.717, 1.165) is 5.56 Å². The molecule has 0 saturated carbocycles. The predicted molar refractivity (Wildman–Crippen MR) is 77.4 cm³/mol. The van der Waals surface area contributed by atoms with E-state index in [1.54, 1.807) is 6.07 Å². The van der Waals surface area contributed by atoms with Gasteiger partial charge in [0.15, 0.2) is 0 Å². The third-order valence-corrected chi connectivity index (χ3v) is 2.84. The molecule has 0 aromatic heterocycles. The zero-order valence-corrected chi connectivity index (χ0v) is 11.8. The molecule has 114 valence electrons. The highest BCUT2D eigenvalue weighted by Crippen LogP contribution is 2.35. The molecule has 0 heterocycles. The fraction of sp³-hybridized carbons (Fsp3) is 0.200. The molecule has 0 bridgehead atoms. The first-order valence-electron chi connectivity index (χ1n) is 6.06. The van der Waals surface area contributed by atoms with Crippen molar-refractivity contribution in [3.8, 4) is 5.75 Å². The van der Waals surface area contributed by atoms with Crippen LogP contribution in [0.15, 0.2) is 54.6 Å². The zero-order valence-electron chi connectivity index (χ0n) is 11.0. The number of nitrogens with two attached hydrogens (primary N) is 1. The Balaban J connectivity index is 0.00000220. The number of ether oxygens (including phenoxy) is 1. The maximum absolute atomic E-state index is 12.7. The van der Waals surface area contributed by atoms with E-state index in [1.165, 1.54) is 18.2 Å². The summed E-state index contributed by atoms with van der Waals surface area (Å²) in [4.78, 5) is 0. The molecule has 0 radical (unpaired) electrons. The number of alkyl halides is 3. The molecule has 2 rings (SSSR count). The normalized spacial score (nSPS) is 12.4. The predicted octanol–water partition coefficient (Wildman–Crippen LogP) is 4.25. The summed E-state index contributed by atoms with van der Waals surface area (Å²) in [5.74, 6) is 0.154. The first-order valence-corrected chi connectivity index (χ1v) is 6.06. The summed E-state index contributed by atoms with van der Waals surface area (Å²) in [6, 6.07) is 13.1. The highest BCUT2D eigenvalue weighted by molar-refractivity contribution is 5.85. The van der Waals surface area contributed by atoms with Gasteiger partial charge in [0.1, 0.15) is 18.4 Å². The summed E-state index contributed by atoms with van der Waals surface area (Å²) in [6.45, 7) is 0.197. The van der Waals surface area contributed by atoms with E-state index < -0.39 is 12.2 Å². The highest BCUT2D eigenvalue weighted by Gasteiger charge is 2.39. The number of benzene rings is 2. The van der Waals surface area contributed by atoms with E-state index in [2.05, 4.69) is 0 Å². The van der Waals surface area contributed by atoms with Gasteiger partial charge < -0.3 is 10.5 Å². The molecular formula is C15H15ClF3NO. The number of rotatable bonds is 4. The zero-order chi connectivity index (χ0) is 14.6. The lowest BCUT2D eigenvalue weighted by Crippen LogP contribution is -2.28. The summed E-state index contributed by atoms with van der Waals surface area (Å²) < 4.78 is 43.6. The minimum absolute atomic E-state index is 0. The van der Waals surface area contributed by atoms with Gasteiger partial charge in [0.2, 0.25) is 0 Å². The highest BCUT2D eigenvalue weighted by atomic mass is 35.5. The summed E-state index contributed by atoms with van der Waals surface area (Å²) in [5.41, 5.74) is 6.06. The second-order valence-corrected chi connectivity index (χ2v) is 4.33. The van der Waals surface area contributed by atoms with Crippen molar-refractivity contribution in [2.45, 2.75) is 18.8 Å². The number of hydrogen-bond donors (Lipinski definition) is 1. The van der Waals surface area contributed by atoms with Crippen molar-refractivity contribution in [2.75, 3.05) is 0 Å². The number of hydrogen-bond acceptors (Lipinski definition) is 2. The second-order valence-electron chi connectivity index (χ2n) is 4.33. The van der Waals surface area contributed by atoms with E-state index in [-0.39, 0.29) is 30.3 Å². The van der Waals surface area contributed by atoms with Crippen LogP contribution < -0.4 is 10.5 Å². The summed E-state index contributed by atoms with van der Waals surface area (Å²) in [5, 5.41) is 0. The number of para-hydroxylation sites is 1. The Hall–Kier alpha value is -1.72. The molecule has 0 aliphatic carbocycles. The molecule has 2 N–H and O–H groups in total. The van der Waals surface area contributed by atoms with Crippen molar-refractivity contribution in [3.05, 3.63) is 65.7 Å². The van der Waals surface area contributed by atoms with Crippen LogP contribution in [0.25, 0.3) is 0 Å². The quantitative estimate of drug-likeness (QED) is 0.915. The fourth-order valence-corrected chi connectivity index (χ4v) is 1.78. The molecule has 0 amide bonds. The van der Waals surface area contributed by atoms with E-state index in [9.17, 15) is 13.2 Å². The molecule has 2 aromatic carbocycles. The van der Waals surface area contributed by atoms with Gasteiger partial charge in [-0.15, -0.1) is 12.4 Å². The Bertz CT molecular complexity index is 560. The van der Waals surface area contributed by atoms with Crippen molar-refractivity contribution < 1.29 is 17.9 Å². The average molecular weight is 318 g/mol. The maximum atomic E-state index is 12.7. The van der Waals surface area contributed by atoms with E-state index in [1.807, 2.05) is 30.3 Å². The van der Waals surface area contributed by atoms with Gasteiger partial charge in [0.25, 0.3) is 0 Å². The minimum Gasteiger partial charge on any atom is -0.489 e. The molecule has 0 aliphatic heterocycles. The van der Waals surface area contributed by atoms with Crippen LogP contribution in [0.1, 0.15) is 17.2 Å². The van der Waals surface area contributed by atoms with Crippen LogP contribution in [-0.2, 0) is 6.61 Å². The van der Waals surface area contributed by atoms with E-state index >= 15 is 0 Å². The van der Waals surface area contributed by atoms with Gasteiger partial charge in [0.05, 0.1) is 0 Å². The lowest BCUT2D eigenvalue weighted by molar-refractivity contribution is -0.149. The van der Waals surface area contributed by atoms with Crippen molar-refractivity contribution in [1.82, 2.24) is 0 Å². The average Bonchev–Trinajstić information content (AvgIpc) is 2.45. The van der Waals surface area contributed by atoms with E-state index in [4.69, 9.17) is 10.5 Å². The lowest BCUT2D eigenvalue weighted by atomic mass is 10.1.